The van der Waals surface area contributed by atoms with Crippen LogP contribution in [0.2, 0.25) is 0 Å². The first-order valence-electron chi connectivity index (χ1n) is 8.41. The van der Waals surface area contributed by atoms with Gasteiger partial charge in [-0.3, -0.25) is 0 Å². The van der Waals surface area contributed by atoms with E-state index in [1.807, 2.05) is 0 Å². The molecule has 4 aliphatic rings. The Morgan fingerprint density at radius 1 is 1.10 bits per heavy atom. The van der Waals surface area contributed by atoms with Crippen LogP contribution in [0.5, 0.6) is 0 Å². The Morgan fingerprint density at radius 3 is 2.35 bits per heavy atom. The smallest absolute Gasteiger partial charge is 0.139 e. The van der Waals surface area contributed by atoms with Gasteiger partial charge in [-0.15, -0.1) is 0 Å². The number of hydrogen-bond donors (Lipinski definition) is 1. The second-order valence-corrected chi connectivity index (χ2v) is 7.46. The molecule has 3 nitrogen and oxygen atoms in total. The largest absolute Gasteiger partial charge is 0.361 e. The predicted octanol–water partition coefficient (Wildman–Crippen LogP) is 3.41. The lowest BCUT2D eigenvalue weighted by Crippen LogP contribution is -2.44. The Balaban J connectivity index is 1.60. The molecular formula is C17H26N2O. The summed E-state index contributed by atoms with van der Waals surface area (Å²) in [6, 6.07) is 0. The summed E-state index contributed by atoms with van der Waals surface area (Å²) < 4.78 is 5.65. The highest BCUT2D eigenvalue weighted by Crippen LogP contribution is 2.59. The van der Waals surface area contributed by atoms with E-state index in [4.69, 9.17) is 10.3 Å². The topological polar surface area (TPSA) is 52.0 Å². The highest BCUT2D eigenvalue weighted by atomic mass is 16.5. The van der Waals surface area contributed by atoms with Gasteiger partial charge in [0.2, 0.25) is 0 Å². The van der Waals surface area contributed by atoms with E-state index in [1.165, 1.54) is 43.4 Å². The Hall–Kier alpha value is -0.830. The molecule has 4 saturated carbocycles. The van der Waals surface area contributed by atoms with Crippen LogP contribution in [0.1, 0.15) is 61.5 Å². The van der Waals surface area contributed by atoms with Crippen LogP contribution >= 0.6 is 0 Å². The van der Waals surface area contributed by atoms with Gasteiger partial charge >= 0.3 is 0 Å². The number of rotatable bonds is 4. The van der Waals surface area contributed by atoms with Gasteiger partial charge in [-0.25, -0.2) is 0 Å². The highest BCUT2D eigenvalue weighted by Gasteiger charge is 2.50. The fraction of sp³-hybridized carbons (Fsp3) is 0.824. The van der Waals surface area contributed by atoms with Crippen molar-refractivity contribution in [1.29, 1.82) is 0 Å². The number of aromatic nitrogens is 1. The lowest BCUT2D eigenvalue weighted by atomic mass is 9.51. The van der Waals surface area contributed by atoms with Crippen LogP contribution in [0.3, 0.4) is 0 Å². The van der Waals surface area contributed by atoms with Gasteiger partial charge < -0.3 is 10.3 Å². The minimum Gasteiger partial charge on any atom is -0.361 e. The minimum absolute atomic E-state index is 0.693. The van der Waals surface area contributed by atoms with E-state index < -0.39 is 0 Å². The van der Waals surface area contributed by atoms with E-state index >= 15 is 0 Å². The van der Waals surface area contributed by atoms with Crippen LogP contribution in [0, 0.1) is 30.6 Å². The van der Waals surface area contributed by atoms with E-state index in [2.05, 4.69) is 12.1 Å². The fourth-order valence-corrected chi connectivity index (χ4v) is 5.56. The van der Waals surface area contributed by atoms with Crippen molar-refractivity contribution in [3.8, 4) is 0 Å². The van der Waals surface area contributed by atoms with Crippen molar-refractivity contribution in [3.63, 3.8) is 0 Å². The second-order valence-electron chi connectivity index (χ2n) is 7.46. The van der Waals surface area contributed by atoms with E-state index in [-0.39, 0.29) is 0 Å². The molecular weight excluding hydrogens is 248 g/mol. The highest BCUT2D eigenvalue weighted by molar-refractivity contribution is 5.27. The van der Waals surface area contributed by atoms with Crippen LogP contribution in [0.25, 0.3) is 0 Å². The Kier molecular flexibility index (Phi) is 3.13. The number of nitrogens with two attached hydrogens (primary N) is 1. The van der Waals surface area contributed by atoms with Gasteiger partial charge in [0.1, 0.15) is 5.76 Å². The van der Waals surface area contributed by atoms with Gasteiger partial charge in [0, 0.05) is 17.9 Å². The maximum Gasteiger partial charge on any atom is 0.139 e. The molecule has 0 amide bonds. The Labute approximate surface area is 121 Å². The summed E-state index contributed by atoms with van der Waals surface area (Å²) in [4.78, 5) is 0. The van der Waals surface area contributed by atoms with E-state index in [9.17, 15) is 0 Å². The Morgan fingerprint density at radius 2 is 1.75 bits per heavy atom. The summed E-state index contributed by atoms with van der Waals surface area (Å²) in [6.07, 6.45) is 9.24. The average molecular weight is 274 g/mol. The average Bonchev–Trinajstić information content (AvgIpc) is 2.77. The van der Waals surface area contributed by atoms with Crippen molar-refractivity contribution < 1.29 is 4.52 Å². The van der Waals surface area contributed by atoms with Crippen molar-refractivity contribution in [2.75, 3.05) is 6.54 Å². The molecule has 0 radical (unpaired) electrons. The molecule has 0 aliphatic heterocycles. The molecule has 4 bridgehead atoms. The maximum absolute atomic E-state index is 5.65. The second kappa shape index (κ2) is 4.87. The normalized spacial score (nSPS) is 38.6. The van der Waals surface area contributed by atoms with Crippen LogP contribution < -0.4 is 5.73 Å². The molecule has 0 spiro atoms. The van der Waals surface area contributed by atoms with Gasteiger partial charge in [0.25, 0.3) is 0 Å². The summed E-state index contributed by atoms with van der Waals surface area (Å²) >= 11 is 0. The molecule has 3 heteroatoms. The zero-order valence-corrected chi connectivity index (χ0v) is 12.5. The van der Waals surface area contributed by atoms with Gasteiger partial charge in [-0.1, -0.05) is 5.16 Å². The monoisotopic (exact) mass is 274 g/mol. The van der Waals surface area contributed by atoms with Crippen LogP contribution in [-0.2, 0) is 6.42 Å². The molecule has 0 aromatic carbocycles. The first-order valence-corrected chi connectivity index (χ1v) is 8.41. The standard InChI is InChI=1S/C17H26N2O/c1-10-15(3-2-4-18)20-19-17(10)16-13-6-11-5-12(8-13)9-14(16)7-11/h11-14,16H,2-9,18H2,1H3. The third-order valence-corrected chi connectivity index (χ3v) is 6.21. The molecule has 0 atom stereocenters. The number of hydrogen-bond acceptors (Lipinski definition) is 3. The third kappa shape index (κ3) is 1.93. The van der Waals surface area contributed by atoms with Crippen molar-refractivity contribution >= 4 is 0 Å². The van der Waals surface area contributed by atoms with Crippen LogP contribution in [0.15, 0.2) is 4.52 Å². The quantitative estimate of drug-likeness (QED) is 0.915. The molecule has 1 aromatic heterocycles. The summed E-state index contributed by atoms with van der Waals surface area (Å²) in [5, 5.41) is 4.50. The van der Waals surface area contributed by atoms with E-state index in [0.717, 1.165) is 48.8 Å². The van der Waals surface area contributed by atoms with Crippen molar-refractivity contribution in [1.82, 2.24) is 5.16 Å². The van der Waals surface area contributed by atoms with Crippen molar-refractivity contribution in [2.24, 2.45) is 29.4 Å². The minimum atomic E-state index is 0.693. The molecule has 1 aromatic rings. The van der Waals surface area contributed by atoms with E-state index in [0.29, 0.717) is 5.92 Å². The third-order valence-electron chi connectivity index (χ3n) is 6.21. The summed E-state index contributed by atoms with van der Waals surface area (Å²) in [5.74, 6) is 5.60. The predicted molar refractivity (Wildman–Crippen MR) is 78.4 cm³/mol. The van der Waals surface area contributed by atoms with Gasteiger partial charge in [-0.05, 0) is 75.7 Å². The molecule has 4 aliphatic carbocycles. The Bertz CT molecular complexity index is 465. The summed E-state index contributed by atoms with van der Waals surface area (Å²) in [7, 11) is 0. The zero-order chi connectivity index (χ0) is 13.7. The molecule has 4 fully saturated rings. The molecule has 5 rings (SSSR count). The van der Waals surface area contributed by atoms with Gasteiger partial charge in [-0.2, -0.15) is 0 Å². The SMILES string of the molecule is Cc1c(C2C3CC4CC(C3)CC2C4)noc1CCCN. The molecule has 0 unspecified atom stereocenters. The molecule has 2 N–H and O–H groups in total. The first-order chi connectivity index (χ1) is 9.76. The first kappa shape index (κ1) is 12.9. The molecule has 0 saturated heterocycles. The number of nitrogens with zero attached hydrogens (tertiary/aromatic N) is 1. The van der Waals surface area contributed by atoms with Crippen LogP contribution in [-0.4, -0.2) is 11.7 Å². The lowest BCUT2D eigenvalue weighted by Gasteiger charge is -2.54. The van der Waals surface area contributed by atoms with Gasteiger partial charge in [0.05, 0.1) is 5.69 Å². The molecule has 110 valence electrons. The van der Waals surface area contributed by atoms with Crippen molar-refractivity contribution in [3.05, 3.63) is 17.0 Å². The zero-order valence-electron chi connectivity index (χ0n) is 12.5. The van der Waals surface area contributed by atoms with Crippen LogP contribution in [0.4, 0.5) is 0 Å². The number of aryl methyl sites for hydroxylation is 1. The lowest BCUT2D eigenvalue weighted by molar-refractivity contribution is -0.00523. The summed E-state index contributed by atoms with van der Waals surface area (Å²) in [6.45, 7) is 2.94. The van der Waals surface area contributed by atoms with E-state index in [1.54, 1.807) is 0 Å². The summed E-state index contributed by atoms with van der Waals surface area (Å²) in [5.41, 5.74) is 8.24. The fourth-order valence-electron chi connectivity index (χ4n) is 5.56. The van der Waals surface area contributed by atoms with Crippen molar-refractivity contribution in [2.45, 2.75) is 57.8 Å². The van der Waals surface area contributed by atoms with Gasteiger partial charge in [0.15, 0.2) is 0 Å². The molecule has 1 heterocycles. The maximum atomic E-state index is 5.65. The molecule has 20 heavy (non-hydrogen) atoms.